The van der Waals surface area contributed by atoms with Gasteiger partial charge in [0, 0.05) is 24.0 Å². The van der Waals surface area contributed by atoms with E-state index < -0.39 is 0 Å². The Bertz CT molecular complexity index is 424. The van der Waals surface area contributed by atoms with E-state index >= 15 is 0 Å². The number of halogens is 1. The molecule has 4 nitrogen and oxygen atoms in total. The first-order valence-electron chi connectivity index (χ1n) is 5.93. The molecule has 5 heteroatoms. The standard InChI is InChI=1S/C13H16BrNO3/c14-8-11-9-15(5-6-18-11)13(17)7-10-3-1-2-4-12(10)16/h1-4,11,16H,5-9H2. The van der Waals surface area contributed by atoms with Crippen LogP contribution in [0.4, 0.5) is 0 Å². The number of rotatable bonds is 3. The average Bonchev–Trinajstić information content (AvgIpc) is 2.41. The van der Waals surface area contributed by atoms with Crippen LogP contribution in [0.5, 0.6) is 5.75 Å². The molecule has 1 unspecified atom stereocenters. The number of nitrogens with zero attached hydrogens (tertiary/aromatic N) is 1. The molecule has 0 spiro atoms. The molecule has 1 aliphatic heterocycles. The van der Waals surface area contributed by atoms with Crippen LogP contribution in [-0.2, 0) is 16.0 Å². The van der Waals surface area contributed by atoms with Gasteiger partial charge in [-0.05, 0) is 6.07 Å². The minimum Gasteiger partial charge on any atom is -0.508 e. The van der Waals surface area contributed by atoms with Crippen molar-refractivity contribution in [3.8, 4) is 5.75 Å². The molecular formula is C13H16BrNO3. The van der Waals surface area contributed by atoms with E-state index in [0.717, 1.165) is 5.33 Å². The van der Waals surface area contributed by atoms with Crippen LogP contribution in [0, 0.1) is 0 Å². The lowest BCUT2D eigenvalue weighted by Crippen LogP contribution is -2.46. The smallest absolute Gasteiger partial charge is 0.227 e. The highest BCUT2D eigenvalue weighted by Crippen LogP contribution is 2.18. The van der Waals surface area contributed by atoms with E-state index in [0.29, 0.717) is 25.3 Å². The maximum absolute atomic E-state index is 12.1. The van der Waals surface area contributed by atoms with Crippen LogP contribution in [0.2, 0.25) is 0 Å². The number of hydrogen-bond donors (Lipinski definition) is 1. The number of benzene rings is 1. The van der Waals surface area contributed by atoms with Crippen molar-refractivity contribution in [2.24, 2.45) is 0 Å². The average molecular weight is 314 g/mol. The molecule has 1 aliphatic rings. The van der Waals surface area contributed by atoms with Crippen LogP contribution >= 0.6 is 15.9 Å². The molecule has 1 amide bonds. The molecule has 1 aromatic carbocycles. The van der Waals surface area contributed by atoms with E-state index in [2.05, 4.69) is 15.9 Å². The van der Waals surface area contributed by atoms with Crippen LogP contribution < -0.4 is 0 Å². The molecule has 1 fully saturated rings. The van der Waals surface area contributed by atoms with Crippen LogP contribution in [0.25, 0.3) is 0 Å². The maximum Gasteiger partial charge on any atom is 0.227 e. The Morgan fingerprint density at radius 1 is 1.50 bits per heavy atom. The summed E-state index contributed by atoms with van der Waals surface area (Å²) < 4.78 is 5.49. The third-order valence-electron chi connectivity index (χ3n) is 3.00. The van der Waals surface area contributed by atoms with Gasteiger partial charge in [0.05, 0.1) is 19.1 Å². The van der Waals surface area contributed by atoms with Gasteiger partial charge in [0.1, 0.15) is 5.75 Å². The summed E-state index contributed by atoms with van der Waals surface area (Å²) in [7, 11) is 0. The van der Waals surface area contributed by atoms with E-state index in [9.17, 15) is 9.90 Å². The molecule has 0 aromatic heterocycles. The molecule has 18 heavy (non-hydrogen) atoms. The first kappa shape index (κ1) is 13.4. The fraction of sp³-hybridized carbons (Fsp3) is 0.462. The van der Waals surface area contributed by atoms with Gasteiger partial charge in [-0.25, -0.2) is 0 Å². The molecule has 0 bridgehead atoms. The van der Waals surface area contributed by atoms with Gasteiger partial charge in [-0.3, -0.25) is 4.79 Å². The van der Waals surface area contributed by atoms with Crippen LogP contribution in [0.15, 0.2) is 24.3 Å². The van der Waals surface area contributed by atoms with E-state index in [-0.39, 0.29) is 24.2 Å². The second kappa shape index (κ2) is 6.20. The zero-order valence-corrected chi connectivity index (χ0v) is 11.6. The summed E-state index contributed by atoms with van der Waals surface area (Å²) in [5, 5.41) is 10.4. The number of aromatic hydroxyl groups is 1. The van der Waals surface area contributed by atoms with E-state index in [4.69, 9.17) is 4.74 Å². The molecule has 0 aliphatic carbocycles. The highest BCUT2D eigenvalue weighted by Gasteiger charge is 2.23. The number of carbonyl (C=O) groups is 1. The van der Waals surface area contributed by atoms with Gasteiger partial charge < -0.3 is 14.7 Å². The molecule has 0 radical (unpaired) electrons. The minimum absolute atomic E-state index is 0.0331. The number of morpholine rings is 1. The van der Waals surface area contributed by atoms with Crippen LogP contribution in [0.3, 0.4) is 0 Å². The van der Waals surface area contributed by atoms with Crippen molar-refractivity contribution in [1.82, 2.24) is 4.90 Å². The minimum atomic E-state index is 0.0331. The Kier molecular flexibility index (Phi) is 4.60. The van der Waals surface area contributed by atoms with E-state index in [1.807, 2.05) is 6.07 Å². The van der Waals surface area contributed by atoms with Crippen molar-refractivity contribution in [3.05, 3.63) is 29.8 Å². The number of ether oxygens (including phenoxy) is 1. The number of alkyl halides is 1. The number of hydrogen-bond acceptors (Lipinski definition) is 3. The molecule has 1 aromatic rings. The molecular weight excluding hydrogens is 298 g/mol. The van der Waals surface area contributed by atoms with Crippen molar-refractivity contribution >= 4 is 21.8 Å². The lowest BCUT2D eigenvalue weighted by atomic mass is 10.1. The summed E-state index contributed by atoms with van der Waals surface area (Å²) >= 11 is 3.36. The molecule has 1 heterocycles. The molecule has 0 saturated carbocycles. The van der Waals surface area contributed by atoms with Crippen molar-refractivity contribution in [1.29, 1.82) is 0 Å². The number of amides is 1. The third-order valence-corrected chi connectivity index (χ3v) is 3.72. The Morgan fingerprint density at radius 2 is 2.28 bits per heavy atom. The van der Waals surface area contributed by atoms with Gasteiger partial charge in [-0.2, -0.15) is 0 Å². The molecule has 2 rings (SSSR count). The fourth-order valence-corrected chi connectivity index (χ4v) is 2.37. The summed E-state index contributed by atoms with van der Waals surface area (Å²) in [5.74, 6) is 0.210. The van der Waals surface area contributed by atoms with Gasteiger partial charge in [-0.1, -0.05) is 34.1 Å². The first-order valence-corrected chi connectivity index (χ1v) is 7.05. The van der Waals surface area contributed by atoms with Crippen molar-refractivity contribution in [2.75, 3.05) is 25.0 Å². The van der Waals surface area contributed by atoms with Crippen LogP contribution in [0.1, 0.15) is 5.56 Å². The first-order chi connectivity index (χ1) is 8.70. The summed E-state index contributed by atoms with van der Waals surface area (Å²) in [6.45, 7) is 1.80. The number of phenolic OH excluding ortho intramolecular Hbond substituents is 1. The topological polar surface area (TPSA) is 49.8 Å². The summed E-state index contributed by atoms with van der Waals surface area (Å²) in [6.07, 6.45) is 0.300. The van der Waals surface area contributed by atoms with E-state index in [1.54, 1.807) is 23.1 Å². The van der Waals surface area contributed by atoms with Gasteiger partial charge in [-0.15, -0.1) is 0 Å². The highest BCUT2D eigenvalue weighted by atomic mass is 79.9. The largest absolute Gasteiger partial charge is 0.508 e. The van der Waals surface area contributed by atoms with Crippen molar-refractivity contribution in [2.45, 2.75) is 12.5 Å². The summed E-state index contributed by atoms with van der Waals surface area (Å²) in [5.41, 5.74) is 0.671. The zero-order chi connectivity index (χ0) is 13.0. The Labute approximate surface area is 115 Å². The second-order valence-corrected chi connectivity index (χ2v) is 4.94. The molecule has 1 atom stereocenters. The molecule has 1 saturated heterocycles. The van der Waals surface area contributed by atoms with Crippen LogP contribution in [-0.4, -0.2) is 47.0 Å². The lowest BCUT2D eigenvalue weighted by molar-refractivity contribution is -0.137. The Morgan fingerprint density at radius 3 is 3.00 bits per heavy atom. The zero-order valence-electron chi connectivity index (χ0n) is 10.0. The Hall–Kier alpha value is -1.07. The van der Waals surface area contributed by atoms with Gasteiger partial charge in [0.25, 0.3) is 0 Å². The Balaban J connectivity index is 1.97. The lowest BCUT2D eigenvalue weighted by Gasteiger charge is -2.32. The van der Waals surface area contributed by atoms with Gasteiger partial charge in [0.15, 0.2) is 0 Å². The summed E-state index contributed by atoms with van der Waals surface area (Å²) in [4.78, 5) is 13.9. The SMILES string of the molecule is O=C(Cc1ccccc1O)N1CCOC(CBr)C1. The normalized spacial score (nSPS) is 19.8. The molecule has 98 valence electrons. The number of phenols is 1. The number of carbonyl (C=O) groups excluding carboxylic acids is 1. The predicted molar refractivity (Wildman–Crippen MR) is 71.9 cm³/mol. The van der Waals surface area contributed by atoms with Gasteiger partial charge >= 0.3 is 0 Å². The van der Waals surface area contributed by atoms with E-state index in [1.165, 1.54) is 0 Å². The quantitative estimate of drug-likeness (QED) is 0.862. The van der Waals surface area contributed by atoms with Gasteiger partial charge in [0.2, 0.25) is 5.91 Å². The second-order valence-electron chi connectivity index (χ2n) is 4.29. The maximum atomic E-state index is 12.1. The summed E-state index contributed by atoms with van der Waals surface area (Å²) in [6, 6.07) is 6.95. The predicted octanol–water partition coefficient (Wildman–Crippen LogP) is 1.56. The monoisotopic (exact) mass is 313 g/mol. The molecule has 1 N–H and O–H groups in total. The fourth-order valence-electron chi connectivity index (χ4n) is 1.97. The van der Waals surface area contributed by atoms with Crippen molar-refractivity contribution < 1.29 is 14.6 Å². The highest BCUT2D eigenvalue weighted by molar-refractivity contribution is 9.09. The van der Waals surface area contributed by atoms with Crippen molar-refractivity contribution in [3.63, 3.8) is 0 Å². The third kappa shape index (κ3) is 3.23. The number of para-hydroxylation sites is 1.